The second kappa shape index (κ2) is 14.3. The van der Waals surface area contributed by atoms with Crippen LogP contribution in [0.2, 0.25) is 0 Å². The van der Waals surface area contributed by atoms with Crippen LogP contribution in [0.3, 0.4) is 0 Å². The summed E-state index contributed by atoms with van der Waals surface area (Å²) < 4.78 is 0. The molecule has 0 bridgehead atoms. The summed E-state index contributed by atoms with van der Waals surface area (Å²) in [5.41, 5.74) is 11.1. The lowest BCUT2D eigenvalue weighted by molar-refractivity contribution is -0.143. The average Bonchev–Trinajstić information content (AvgIpc) is 2.68. The highest BCUT2D eigenvalue weighted by molar-refractivity contribution is 5.94. The lowest BCUT2D eigenvalue weighted by Gasteiger charge is -2.21. The number of rotatable bonds is 15. The van der Waals surface area contributed by atoms with Crippen molar-refractivity contribution in [2.24, 2.45) is 17.4 Å². The van der Waals surface area contributed by atoms with Gasteiger partial charge in [0, 0.05) is 0 Å². The summed E-state index contributed by atoms with van der Waals surface area (Å²) in [5, 5.41) is 24.9. The molecule has 12 heteroatoms. The third kappa shape index (κ3) is 10.7. The van der Waals surface area contributed by atoms with Gasteiger partial charge in [-0.2, -0.15) is 0 Å². The molecule has 0 aromatic carbocycles. The zero-order chi connectivity index (χ0) is 23.3. The normalized spacial score (nSPS) is 14.7. The molecule has 0 saturated carbocycles. The van der Waals surface area contributed by atoms with Crippen LogP contribution in [-0.4, -0.2) is 71.1 Å². The van der Waals surface area contributed by atoms with Gasteiger partial charge < -0.3 is 37.6 Å². The number of carboxylic acids is 2. The van der Waals surface area contributed by atoms with Crippen LogP contribution in [0, 0.1) is 5.92 Å². The fourth-order valence-corrected chi connectivity index (χ4v) is 2.50. The summed E-state index contributed by atoms with van der Waals surface area (Å²) in [6.45, 7) is 3.30. The second-order valence-corrected chi connectivity index (χ2v) is 7.04. The lowest BCUT2D eigenvalue weighted by Crippen LogP contribution is -2.54. The summed E-state index contributed by atoms with van der Waals surface area (Å²) in [4.78, 5) is 58.6. The fraction of sp³-hybridized carbons (Fsp3) is 0.722. The van der Waals surface area contributed by atoms with Gasteiger partial charge in [-0.1, -0.05) is 26.7 Å². The second-order valence-electron chi connectivity index (χ2n) is 7.04. The monoisotopic (exact) mass is 431 g/mol. The van der Waals surface area contributed by atoms with Gasteiger partial charge in [-0.05, 0) is 25.3 Å². The van der Waals surface area contributed by atoms with E-state index in [-0.39, 0.29) is 5.92 Å². The van der Waals surface area contributed by atoms with Crippen molar-refractivity contribution in [1.82, 2.24) is 16.0 Å². The van der Waals surface area contributed by atoms with E-state index in [9.17, 15) is 29.1 Å². The van der Waals surface area contributed by atoms with Gasteiger partial charge in [-0.25, -0.2) is 4.79 Å². The molecule has 0 rings (SSSR count). The Kier molecular flexibility index (Phi) is 13.0. The summed E-state index contributed by atoms with van der Waals surface area (Å²) >= 11 is 0. The zero-order valence-corrected chi connectivity index (χ0v) is 17.3. The molecule has 0 aromatic heterocycles. The number of carbonyl (C=O) groups is 5. The van der Waals surface area contributed by atoms with Crippen LogP contribution in [-0.2, 0) is 24.0 Å². The largest absolute Gasteiger partial charge is 0.481 e. The Morgan fingerprint density at radius 2 is 1.63 bits per heavy atom. The third-order valence-electron chi connectivity index (χ3n) is 4.54. The van der Waals surface area contributed by atoms with Crippen molar-refractivity contribution in [3.63, 3.8) is 0 Å². The summed E-state index contributed by atoms with van der Waals surface area (Å²) in [6, 6.07) is -3.50. The first kappa shape index (κ1) is 27.3. The van der Waals surface area contributed by atoms with Crippen LogP contribution in [0.25, 0.3) is 0 Å². The minimum Gasteiger partial charge on any atom is -0.481 e. The molecule has 0 heterocycles. The van der Waals surface area contributed by atoms with Gasteiger partial charge in [-0.15, -0.1) is 0 Å². The van der Waals surface area contributed by atoms with Crippen molar-refractivity contribution in [1.29, 1.82) is 0 Å². The predicted octanol–water partition coefficient (Wildman–Crippen LogP) is -1.87. The Labute approximate surface area is 175 Å². The number of carboxylic acid groups (broad SMARTS) is 2. The van der Waals surface area contributed by atoms with Crippen molar-refractivity contribution in [2.45, 2.75) is 64.1 Å². The van der Waals surface area contributed by atoms with Crippen LogP contribution in [0.15, 0.2) is 0 Å². The van der Waals surface area contributed by atoms with Crippen LogP contribution in [0.5, 0.6) is 0 Å². The maximum atomic E-state index is 12.3. The van der Waals surface area contributed by atoms with Crippen LogP contribution in [0.1, 0.15) is 46.0 Å². The Morgan fingerprint density at radius 1 is 1.00 bits per heavy atom. The number of nitrogens with one attached hydrogen (secondary N) is 3. The quantitative estimate of drug-likeness (QED) is 0.144. The summed E-state index contributed by atoms with van der Waals surface area (Å²) in [6.07, 6.45) is 1.39. The summed E-state index contributed by atoms with van der Waals surface area (Å²) in [5.74, 6) is -5.22. The molecule has 0 spiro atoms. The first-order valence-corrected chi connectivity index (χ1v) is 9.81. The van der Waals surface area contributed by atoms with E-state index in [0.717, 1.165) is 0 Å². The first-order chi connectivity index (χ1) is 14.0. The van der Waals surface area contributed by atoms with E-state index in [1.54, 1.807) is 13.8 Å². The zero-order valence-electron chi connectivity index (χ0n) is 17.3. The first-order valence-electron chi connectivity index (χ1n) is 9.81. The van der Waals surface area contributed by atoms with Gasteiger partial charge in [0.2, 0.25) is 17.7 Å². The summed E-state index contributed by atoms with van der Waals surface area (Å²) in [7, 11) is 0. The molecule has 0 aliphatic heterocycles. The number of aliphatic carboxylic acids is 2. The molecular formula is C18H33N5O7. The SMILES string of the molecule is CCC(C)C(NC(=O)CNC(=O)C(CC(=O)O)NC(=O)C(N)CCCCN)C(=O)O. The van der Waals surface area contributed by atoms with E-state index in [4.69, 9.17) is 16.6 Å². The Bertz CT molecular complexity index is 614. The number of carbonyl (C=O) groups excluding carboxylic acids is 3. The molecule has 0 aliphatic rings. The average molecular weight is 431 g/mol. The van der Waals surface area contributed by atoms with Crippen LogP contribution in [0.4, 0.5) is 0 Å². The van der Waals surface area contributed by atoms with E-state index in [2.05, 4.69) is 16.0 Å². The third-order valence-corrected chi connectivity index (χ3v) is 4.54. The molecule has 3 amide bonds. The van der Waals surface area contributed by atoms with Crippen LogP contribution >= 0.6 is 0 Å². The molecule has 0 aromatic rings. The Balaban J connectivity index is 4.83. The van der Waals surface area contributed by atoms with E-state index in [1.807, 2.05) is 0 Å². The Hall–Kier alpha value is -2.73. The fourth-order valence-electron chi connectivity index (χ4n) is 2.50. The Morgan fingerprint density at radius 3 is 2.13 bits per heavy atom. The minimum atomic E-state index is -1.44. The van der Waals surface area contributed by atoms with Gasteiger partial charge in [0.25, 0.3) is 0 Å². The van der Waals surface area contributed by atoms with E-state index >= 15 is 0 Å². The maximum absolute atomic E-state index is 12.3. The smallest absolute Gasteiger partial charge is 0.326 e. The molecule has 0 fully saturated rings. The van der Waals surface area contributed by atoms with Gasteiger partial charge >= 0.3 is 11.9 Å². The topological polar surface area (TPSA) is 214 Å². The van der Waals surface area contributed by atoms with Crippen molar-refractivity contribution < 1.29 is 34.2 Å². The number of amides is 3. The minimum absolute atomic E-state index is 0.318. The van der Waals surface area contributed by atoms with Gasteiger partial charge in [0.1, 0.15) is 12.1 Å². The van der Waals surface area contributed by atoms with E-state index < -0.39 is 60.8 Å². The molecule has 0 aliphatic carbocycles. The molecule has 30 heavy (non-hydrogen) atoms. The maximum Gasteiger partial charge on any atom is 0.326 e. The molecule has 12 nitrogen and oxygen atoms in total. The highest BCUT2D eigenvalue weighted by Crippen LogP contribution is 2.07. The molecule has 4 atom stereocenters. The van der Waals surface area contributed by atoms with Crippen molar-refractivity contribution >= 4 is 29.7 Å². The number of unbranched alkanes of at least 4 members (excludes halogenated alkanes) is 1. The highest BCUT2D eigenvalue weighted by Gasteiger charge is 2.28. The van der Waals surface area contributed by atoms with E-state index in [1.165, 1.54) is 0 Å². The van der Waals surface area contributed by atoms with E-state index in [0.29, 0.717) is 32.2 Å². The molecule has 0 saturated heterocycles. The highest BCUT2D eigenvalue weighted by atomic mass is 16.4. The van der Waals surface area contributed by atoms with Gasteiger partial charge in [-0.3, -0.25) is 19.2 Å². The molecule has 4 unspecified atom stereocenters. The lowest BCUT2D eigenvalue weighted by atomic mass is 9.99. The standard InChI is InChI=1S/C18H33N5O7/c1-3-10(2)15(18(29)30)23-13(24)9-21-17(28)12(8-14(25)26)22-16(27)11(20)6-4-5-7-19/h10-12,15H,3-9,19-20H2,1-2H3,(H,21,28)(H,22,27)(H,23,24)(H,25,26)(H,29,30). The van der Waals surface area contributed by atoms with Crippen LogP contribution < -0.4 is 27.4 Å². The van der Waals surface area contributed by atoms with Crippen molar-refractivity contribution in [3.05, 3.63) is 0 Å². The van der Waals surface area contributed by atoms with Crippen molar-refractivity contribution in [3.8, 4) is 0 Å². The van der Waals surface area contributed by atoms with Crippen molar-refractivity contribution in [2.75, 3.05) is 13.1 Å². The molecule has 0 radical (unpaired) electrons. The molecular weight excluding hydrogens is 398 g/mol. The number of nitrogens with two attached hydrogens (primary N) is 2. The molecule has 9 N–H and O–H groups in total. The predicted molar refractivity (Wildman–Crippen MR) is 107 cm³/mol. The number of hydrogen-bond acceptors (Lipinski definition) is 7. The van der Waals surface area contributed by atoms with Gasteiger partial charge in [0.05, 0.1) is 19.0 Å². The van der Waals surface area contributed by atoms with Gasteiger partial charge in [0.15, 0.2) is 0 Å². The molecule has 172 valence electrons. The number of hydrogen-bond donors (Lipinski definition) is 7.